The van der Waals surface area contributed by atoms with Crippen LogP contribution in [0.15, 0.2) is 40.9 Å². The Hall–Kier alpha value is -0.970. The SMILES string of the molecule is OC(Cc1ccc(Br)cc1F)c1cc(Cl)ccc1F. The summed E-state index contributed by atoms with van der Waals surface area (Å²) in [7, 11) is 0. The minimum Gasteiger partial charge on any atom is -0.388 e. The van der Waals surface area contributed by atoms with Crippen LogP contribution in [0.3, 0.4) is 0 Å². The molecule has 2 aromatic carbocycles. The lowest BCUT2D eigenvalue weighted by molar-refractivity contribution is 0.172. The van der Waals surface area contributed by atoms with Crippen molar-refractivity contribution >= 4 is 27.5 Å². The first-order chi connectivity index (χ1) is 8.97. The fraction of sp³-hybridized carbons (Fsp3) is 0.143. The third-order valence-electron chi connectivity index (χ3n) is 2.75. The highest BCUT2D eigenvalue weighted by Crippen LogP contribution is 2.26. The second-order valence-electron chi connectivity index (χ2n) is 4.12. The van der Waals surface area contributed by atoms with Gasteiger partial charge in [-0.15, -0.1) is 0 Å². The van der Waals surface area contributed by atoms with Crippen molar-refractivity contribution in [2.45, 2.75) is 12.5 Å². The van der Waals surface area contributed by atoms with E-state index in [1.54, 1.807) is 12.1 Å². The maximum absolute atomic E-state index is 13.6. The van der Waals surface area contributed by atoms with E-state index in [0.717, 1.165) is 0 Å². The van der Waals surface area contributed by atoms with Crippen molar-refractivity contribution < 1.29 is 13.9 Å². The largest absolute Gasteiger partial charge is 0.388 e. The van der Waals surface area contributed by atoms with Crippen molar-refractivity contribution in [3.63, 3.8) is 0 Å². The van der Waals surface area contributed by atoms with Crippen LogP contribution in [0.5, 0.6) is 0 Å². The Labute approximate surface area is 123 Å². The van der Waals surface area contributed by atoms with Crippen molar-refractivity contribution in [2.24, 2.45) is 0 Å². The summed E-state index contributed by atoms with van der Waals surface area (Å²) >= 11 is 8.91. The van der Waals surface area contributed by atoms with Crippen molar-refractivity contribution in [3.05, 3.63) is 68.7 Å². The molecule has 0 aliphatic heterocycles. The van der Waals surface area contributed by atoms with E-state index in [1.165, 1.54) is 24.3 Å². The summed E-state index contributed by atoms with van der Waals surface area (Å²) in [6.07, 6.45) is -1.16. The molecule has 0 spiro atoms. The lowest BCUT2D eigenvalue weighted by atomic mass is 10.0. The van der Waals surface area contributed by atoms with Crippen LogP contribution in [0.1, 0.15) is 17.2 Å². The highest BCUT2D eigenvalue weighted by molar-refractivity contribution is 9.10. The fourth-order valence-electron chi connectivity index (χ4n) is 1.78. The number of benzene rings is 2. The van der Waals surface area contributed by atoms with Gasteiger partial charge in [0.2, 0.25) is 0 Å². The van der Waals surface area contributed by atoms with Gasteiger partial charge in [-0.3, -0.25) is 0 Å². The topological polar surface area (TPSA) is 20.2 Å². The normalized spacial score (nSPS) is 12.5. The highest BCUT2D eigenvalue weighted by Gasteiger charge is 2.16. The lowest BCUT2D eigenvalue weighted by Gasteiger charge is -2.13. The summed E-state index contributed by atoms with van der Waals surface area (Å²) in [4.78, 5) is 0. The summed E-state index contributed by atoms with van der Waals surface area (Å²) < 4.78 is 27.8. The molecule has 5 heteroatoms. The third-order valence-corrected chi connectivity index (χ3v) is 3.47. The Morgan fingerprint density at radius 3 is 2.53 bits per heavy atom. The van der Waals surface area contributed by atoms with E-state index in [-0.39, 0.29) is 12.0 Å². The van der Waals surface area contributed by atoms with Gasteiger partial charge >= 0.3 is 0 Å². The van der Waals surface area contributed by atoms with Crippen LogP contribution in [-0.2, 0) is 6.42 Å². The molecule has 0 aromatic heterocycles. The zero-order valence-corrected chi connectivity index (χ0v) is 12.0. The molecule has 19 heavy (non-hydrogen) atoms. The minimum atomic E-state index is -1.14. The van der Waals surface area contributed by atoms with Gasteiger partial charge in [0.05, 0.1) is 6.10 Å². The molecular weight excluding hydrogens is 338 g/mol. The molecule has 2 aromatic rings. The molecule has 2 rings (SSSR count). The molecule has 0 saturated heterocycles. The first kappa shape index (κ1) is 14.4. The maximum Gasteiger partial charge on any atom is 0.129 e. The van der Waals surface area contributed by atoms with Gasteiger partial charge in [-0.2, -0.15) is 0 Å². The number of rotatable bonds is 3. The molecule has 0 heterocycles. The van der Waals surface area contributed by atoms with Crippen LogP contribution in [0.4, 0.5) is 8.78 Å². The van der Waals surface area contributed by atoms with Crippen molar-refractivity contribution in [2.75, 3.05) is 0 Å². The van der Waals surface area contributed by atoms with Gasteiger partial charge in [0, 0.05) is 21.5 Å². The molecule has 1 N–H and O–H groups in total. The van der Waals surface area contributed by atoms with Crippen LogP contribution < -0.4 is 0 Å². The van der Waals surface area contributed by atoms with Gasteiger partial charge < -0.3 is 5.11 Å². The smallest absolute Gasteiger partial charge is 0.129 e. The summed E-state index contributed by atoms with van der Waals surface area (Å²) in [6.45, 7) is 0. The third kappa shape index (κ3) is 3.53. The summed E-state index contributed by atoms with van der Waals surface area (Å²) in [5, 5.41) is 10.3. The summed E-state index contributed by atoms with van der Waals surface area (Å²) in [5.41, 5.74) is 0.380. The van der Waals surface area contributed by atoms with E-state index < -0.39 is 17.7 Å². The Balaban J connectivity index is 2.25. The van der Waals surface area contributed by atoms with E-state index in [0.29, 0.717) is 15.1 Å². The van der Waals surface area contributed by atoms with E-state index in [9.17, 15) is 13.9 Å². The van der Waals surface area contributed by atoms with Crippen LogP contribution in [-0.4, -0.2) is 5.11 Å². The van der Waals surface area contributed by atoms with Crippen LogP contribution in [0.2, 0.25) is 5.02 Å². The molecule has 0 amide bonds. The van der Waals surface area contributed by atoms with Crippen molar-refractivity contribution in [1.29, 1.82) is 0 Å². The Morgan fingerprint density at radius 2 is 1.84 bits per heavy atom. The number of hydrogen-bond donors (Lipinski definition) is 1. The number of hydrogen-bond acceptors (Lipinski definition) is 1. The fourth-order valence-corrected chi connectivity index (χ4v) is 2.29. The predicted molar refractivity (Wildman–Crippen MR) is 74.2 cm³/mol. The van der Waals surface area contributed by atoms with Crippen molar-refractivity contribution in [1.82, 2.24) is 0 Å². The number of halogens is 4. The van der Waals surface area contributed by atoms with Gasteiger partial charge in [-0.1, -0.05) is 33.6 Å². The van der Waals surface area contributed by atoms with Crippen molar-refractivity contribution in [3.8, 4) is 0 Å². The first-order valence-corrected chi connectivity index (χ1v) is 6.71. The van der Waals surface area contributed by atoms with Gasteiger partial charge in [0.1, 0.15) is 11.6 Å². The van der Waals surface area contributed by atoms with Gasteiger partial charge in [-0.05, 0) is 35.9 Å². The Kier molecular flexibility index (Phi) is 4.55. The Bertz CT molecular complexity index is 604. The molecule has 1 unspecified atom stereocenters. The van der Waals surface area contributed by atoms with E-state index in [4.69, 9.17) is 11.6 Å². The monoisotopic (exact) mass is 346 g/mol. The molecular formula is C14H10BrClF2O. The second kappa shape index (κ2) is 5.99. The van der Waals surface area contributed by atoms with Gasteiger partial charge in [0.15, 0.2) is 0 Å². The zero-order valence-electron chi connectivity index (χ0n) is 9.71. The molecule has 100 valence electrons. The molecule has 1 nitrogen and oxygen atoms in total. The molecule has 0 saturated carbocycles. The standard InChI is InChI=1S/C14H10BrClF2O/c15-9-2-1-8(13(18)6-9)5-14(19)11-7-10(16)3-4-12(11)17/h1-4,6-7,14,19H,5H2. The number of aliphatic hydroxyl groups excluding tert-OH is 1. The summed E-state index contributed by atoms with van der Waals surface area (Å²) in [5.74, 6) is -1.01. The molecule has 0 fully saturated rings. The van der Waals surface area contributed by atoms with E-state index in [1.807, 2.05) is 0 Å². The molecule has 0 bridgehead atoms. The maximum atomic E-state index is 13.6. The average molecular weight is 348 g/mol. The molecule has 0 aliphatic rings. The zero-order chi connectivity index (χ0) is 14.0. The number of aliphatic hydroxyl groups is 1. The minimum absolute atomic E-state index is 0.0175. The van der Waals surface area contributed by atoms with E-state index in [2.05, 4.69) is 15.9 Å². The van der Waals surface area contributed by atoms with E-state index >= 15 is 0 Å². The first-order valence-electron chi connectivity index (χ1n) is 5.54. The lowest BCUT2D eigenvalue weighted by Crippen LogP contribution is -2.06. The van der Waals surface area contributed by atoms with Crippen LogP contribution >= 0.6 is 27.5 Å². The van der Waals surface area contributed by atoms with Crippen LogP contribution in [0, 0.1) is 11.6 Å². The Morgan fingerprint density at radius 1 is 1.11 bits per heavy atom. The average Bonchev–Trinajstić information content (AvgIpc) is 2.35. The summed E-state index contributed by atoms with van der Waals surface area (Å²) in [6, 6.07) is 8.44. The molecule has 0 radical (unpaired) electrons. The quantitative estimate of drug-likeness (QED) is 0.856. The van der Waals surface area contributed by atoms with Gasteiger partial charge in [-0.25, -0.2) is 8.78 Å². The second-order valence-corrected chi connectivity index (χ2v) is 5.47. The molecule has 1 atom stereocenters. The van der Waals surface area contributed by atoms with Gasteiger partial charge in [0.25, 0.3) is 0 Å². The van der Waals surface area contributed by atoms with Crippen LogP contribution in [0.25, 0.3) is 0 Å². The molecule has 0 aliphatic carbocycles. The highest BCUT2D eigenvalue weighted by atomic mass is 79.9. The predicted octanol–water partition coefficient (Wildman–Crippen LogP) is 4.66.